The molecule has 1 fully saturated rings. The molecule has 0 aromatic heterocycles. The van der Waals surface area contributed by atoms with E-state index in [2.05, 4.69) is 11.9 Å². The number of morpholine rings is 1. The van der Waals surface area contributed by atoms with Crippen molar-refractivity contribution in [2.24, 2.45) is 0 Å². The van der Waals surface area contributed by atoms with E-state index in [-0.39, 0.29) is 0 Å². The highest BCUT2D eigenvalue weighted by Gasteiger charge is 2.21. The number of nitro groups is 2. The normalized spacial score (nSPS) is 15.2. The van der Waals surface area contributed by atoms with Gasteiger partial charge in [0, 0.05) is 25.2 Å². The molecule has 19 heavy (non-hydrogen) atoms. The zero-order chi connectivity index (χ0) is 14.3. The second kappa shape index (κ2) is 7.39. The third-order valence-corrected chi connectivity index (χ3v) is 2.51. The molecule has 1 heterocycles. The maximum absolute atomic E-state index is 10.2. The molecule has 2 rings (SSSR count). The molecule has 8 heteroatoms. The number of likely N-dealkylation sites (N-methyl/N-ethyl adjacent to an activating group) is 1. The summed E-state index contributed by atoms with van der Waals surface area (Å²) in [6.45, 7) is 4.02. The summed E-state index contributed by atoms with van der Waals surface area (Å²) in [5.74, 6) is 0. The van der Waals surface area contributed by atoms with Crippen LogP contribution in [0.2, 0.25) is 0 Å². The summed E-state index contributed by atoms with van der Waals surface area (Å²) in [7, 11) is 2.11. The standard InChI is InChI=1S/C6H4N2O4.C5H11NO/c9-7(10)5-3-1-2-4-6(5)8(11)12;1-6-2-4-7-5-3-6/h1-4H;2-5H2,1H3. The highest BCUT2D eigenvalue weighted by Crippen LogP contribution is 2.24. The van der Waals surface area contributed by atoms with Crippen LogP contribution in [0.1, 0.15) is 0 Å². The molecule has 1 aliphatic heterocycles. The van der Waals surface area contributed by atoms with Crippen molar-refractivity contribution in [3.8, 4) is 0 Å². The lowest BCUT2D eigenvalue weighted by atomic mass is 10.3. The second-order valence-corrected chi connectivity index (χ2v) is 3.92. The third-order valence-electron chi connectivity index (χ3n) is 2.51. The molecule has 1 aromatic rings. The van der Waals surface area contributed by atoms with Gasteiger partial charge >= 0.3 is 11.4 Å². The number of nitrogens with zero attached hydrogens (tertiary/aromatic N) is 3. The van der Waals surface area contributed by atoms with Gasteiger partial charge in [0.15, 0.2) is 0 Å². The lowest BCUT2D eigenvalue weighted by molar-refractivity contribution is -0.422. The second-order valence-electron chi connectivity index (χ2n) is 3.92. The van der Waals surface area contributed by atoms with Gasteiger partial charge in [-0.2, -0.15) is 0 Å². The molecule has 1 aromatic carbocycles. The average molecular weight is 269 g/mol. The Kier molecular flexibility index (Phi) is 5.83. The van der Waals surface area contributed by atoms with Crippen molar-refractivity contribution in [3.05, 3.63) is 44.5 Å². The Morgan fingerprint density at radius 1 is 1.05 bits per heavy atom. The Hall–Kier alpha value is -2.06. The maximum atomic E-state index is 10.2. The third kappa shape index (κ3) is 4.98. The molecule has 0 saturated carbocycles. The molecular weight excluding hydrogens is 254 g/mol. The molecule has 1 saturated heterocycles. The number of benzene rings is 1. The maximum Gasteiger partial charge on any atom is 0.346 e. The Morgan fingerprint density at radius 3 is 1.74 bits per heavy atom. The van der Waals surface area contributed by atoms with E-state index in [1.54, 1.807) is 0 Å². The molecule has 1 aliphatic rings. The topological polar surface area (TPSA) is 98.8 Å². The van der Waals surface area contributed by atoms with Crippen LogP contribution in [0.25, 0.3) is 0 Å². The van der Waals surface area contributed by atoms with Crippen molar-refractivity contribution in [1.82, 2.24) is 4.90 Å². The highest BCUT2D eigenvalue weighted by molar-refractivity contribution is 5.51. The number of rotatable bonds is 2. The van der Waals surface area contributed by atoms with E-state index in [1.807, 2.05) is 0 Å². The van der Waals surface area contributed by atoms with Crippen LogP contribution < -0.4 is 0 Å². The summed E-state index contributed by atoms with van der Waals surface area (Å²) in [4.78, 5) is 21.2. The molecular formula is C11H15N3O5. The quantitative estimate of drug-likeness (QED) is 0.595. The van der Waals surface area contributed by atoms with E-state index in [1.165, 1.54) is 12.1 Å². The SMILES string of the molecule is CN1CCOCC1.O=[N+]([O-])c1ccccc1[N+](=O)[O-]. The van der Waals surface area contributed by atoms with Crippen LogP contribution in [0.5, 0.6) is 0 Å². The van der Waals surface area contributed by atoms with E-state index in [4.69, 9.17) is 4.74 Å². The largest absolute Gasteiger partial charge is 0.379 e. The van der Waals surface area contributed by atoms with Gasteiger partial charge < -0.3 is 9.64 Å². The van der Waals surface area contributed by atoms with Crippen molar-refractivity contribution < 1.29 is 14.6 Å². The van der Waals surface area contributed by atoms with Crippen LogP contribution in [0.15, 0.2) is 24.3 Å². The Balaban J connectivity index is 0.000000218. The highest BCUT2D eigenvalue weighted by atomic mass is 16.6. The first kappa shape index (κ1) is 15.0. The van der Waals surface area contributed by atoms with Crippen molar-refractivity contribution in [2.75, 3.05) is 33.4 Å². The lowest BCUT2D eigenvalue weighted by Gasteiger charge is -2.21. The molecule has 104 valence electrons. The van der Waals surface area contributed by atoms with Gasteiger partial charge in [-0.1, -0.05) is 12.1 Å². The van der Waals surface area contributed by atoms with Gasteiger partial charge in [-0.15, -0.1) is 0 Å². The van der Waals surface area contributed by atoms with E-state index in [0.717, 1.165) is 38.4 Å². The minimum absolute atomic E-state index is 0.484. The lowest BCUT2D eigenvalue weighted by Crippen LogP contribution is -2.32. The fraction of sp³-hybridized carbons (Fsp3) is 0.455. The first-order valence-corrected chi connectivity index (χ1v) is 5.66. The van der Waals surface area contributed by atoms with Gasteiger partial charge in [-0.3, -0.25) is 20.2 Å². The molecule has 0 amide bonds. The zero-order valence-electron chi connectivity index (χ0n) is 10.5. The van der Waals surface area contributed by atoms with E-state index >= 15 is 0 Å². The van der Waals surface area contributed by atoms with Crippen molar-refractivity contribution >= 4 is 11.4 Å². The summed E-state index contributed by atoms with van der Waals surface area (Å²) in [6, 6.07) is 4.95. The number of hydrogen-bond donors (Lipinski definition) is 0. The molecule has 0 aliphatic carbocycles. The summed E-state index contributed by atoms with van der Waals surface area (Å²) in [5.41, 5.74) is -0.968. The minimum atomic E-state index is -0.780. The Morgan fingerprint density at radius 2 is 1.47 bits per heavy atom. The van der Waals surface area contributed by atoms with Crippen LogP contribution in [0.4, 0.5) is 11.4 Å². The van der Waals surface area contributed by atoms with E-state index in [9.17, 15) is 20.2 Å². The summed E-state index contributed by atoms with van der Waals surface area (Å²) < 4.78 is 5.10. The van der Waals surface area contributed by atoms with Gasteiger partial charge in [-0.05, 0) is 7.05 Å². The summed E-state index contributed by atoms with van der Waals surface area (Å²) >= 11 is 0. The van der Waals surface area contributed by atoms with Crippen LogP contribution in [-0.2, 0) is 4.74 Å². The fourth-order valence-corrected chi connectivity index (χ4v) is 1.43. The Bertz CT molecular complexity index is 413. The van der Waals surface area contributed by atoms with Crippen molar-refractivity contribution in [2.45, 2.75) is 0 Å². The van der Waals surface area contributed by atoms with Crippen LogP contribution in [0, 0.1) is 20.2 Å². The molecule has 0 N–H and O–H groups in total. The molecule has 0 unspecified atom stereocenters. The number of ether oxygens (including phenoxy) is 1. The smallest absolute Gasteiger partial charge is 0.346 e. The first-order valence-electron chi connectivity index (χ1n) is 5.66. The Labute approximate surface area is 109 Å². The van der Waals surface area contributed by atoms with Gasteiger partial charge in [0.2, 0.25) is 0 Å². The summed E-state index contributed by atoms with van der Waals surface area (Å²) in [5, 5.41) is 20.5. The monoisotopic (exact) mass is 269 g/mol. The molecule has 0 radical (unpaired) electrons. The van der Waals surface area contributed by atoms with Gasteiger partial charge in [-0.25, -0.2) is 0 Å². The van der Waals surface area contributed by atoms with Crippen LogP contribution in [-0.4, -0.2) is 48.1 Å². The zero-order valence-corrected chi connectivity index (χ0v) is 10.5. The van der Waals surface area contributed by atoms with Gasteiger partial charge in [0.1, 0.15) is 0 Å². The van der Waals surface area contributed by atoms with E-state index in [0.29, 0.717) is 0 Å². The minimum Gasteiger partial charge on any atom is -0.379 e. The van der Waals surface area contributed by atoms with Gasteiger partial charge in [0.05, 0.1) is 23.1 Å². The molecule has 0 spiro atoms. The number of hydrogen-bond acceptors (Lipinski definition) is 6. The first-order chi connectivity index (χ1) is 9.02. The fourth-order valence-electron chi connectivity index (χ4n) is 1.43. The predicted molar refractivity (Wildman–Crippen MR) is 68.1 cm³/mol. The molecule has 8 nitrogen and oxygen atoms in total. The van der Waals surface area contributed by atoms with Crippen LogP contribution >= 0.6 is 0 Å². The summed E-state index contributed by atoms with van der Waals surface area (Å²) in [6.07, 6.45) is 0. The van der Waals surface area contributed by atoms with Crippen molar-refractivity contribution in [1.29, 1.82) is 0 Å². The molecule has 0 bridgehead atoms. The van der Waals surface area contributed by atoms with Crippen LogP contribution in [0.3, 0.4) is 0 Å². The number of para-hydroxylation sites is 2. The van der Waals surface area contributed by atoms with E-state index < -0.39 is 21.2 Å². The number of nitro benzene ring substituents is 2. The average Bonchev–Trinajstić information content (AvgIpc) is 2.40. The predicted octanol–water partition coefficient (Wildman–Crippen LogP) is 1.45. The van der Waals surface area contributed by atoms with Gasteiger partial charge in [0.25, 0.3) is 0 Å². The van der Waals surface area contributed by atoms with Crippen molar-refractivity contribution in [3.63, 3.8) is 0 Å². The molecule has 0 atom stereocenters.